The van der Waals surface area contributed by atoms with E-state index in [2.05, 4.69) is 26.0 Å². The summed E-state index contributed by atoms with van der Waals surface area (Å²) in [6.07, 6.45) is 4.17. The Morgan fingerprint density at radius 2 is 1.50 bits per heavy atom. The molecule has 0 radical (unpaired) electrons. The Morgan fingerprint density at radius 1 is 0.889 bits per heavy atom. The van der Waals surface area contributed by atoms with Crippen LogP contribution in [0.15, 0.2) is 94.3 Å². The third kappa shape index (κ3) is 8.44. The molecule has 0 aromatic heterocycles. The second kappa shape index (κ2) is 13.2. The van der Waals surface area contributed by atoms with Gasteiger partial charge in [-0.15, -0.1) is 0 Å². The zero-order valence-corrected chi connectivity index (χ0v) is 21.8. The first kappa shape index (κ1) is 27.3. The minimum absolute atomic E-state index is 0.00733. The van der Waals surface area contributed by atoms with Crippen LogP contribution in [0, 0.1) is 0 Å². The molecule has 3 aromatic rings. The van der Waals surface area contributed by atoms with Crippen LogP contribution in [0.25, 0.3) is 17.2 Å². The molecule has 0 heterocycles. The number of nitrogens with one attached hydrogen (secondary N) is 2. The molecular weight excluding hydrogens is 544 g/mol. The van der Waals surface area contributed by atoms with E-state index >= 15 is 0 Å². The van der Waals surface area contributed by atoms with Gasteiger partial charge in [-0.1, -0.05) is 70.5 Å². The Labute approximate surface area is 219 Å². The predicted molar refractivity (Wildman–Crippen MR) is 144 cm³/mol. The van der Waals surface area contributed by atoms with Crippen molar-refractivity contribution in [1.82, 2.24) is 10.0 Å². The van der Waals surface area contributed by atoms with E-state index < -0.39 is 22.0 Å². The van der Waals surface area contributed by atoms with E-state index in [1.807, 2.05) is 54.6 Å². The first-order valence-electron chi connectivity index (χ1n) is 11.4. The Bertz CT molecular complexity index is 1290. The van der Waals surface area contributed by atoms with Crippen LogP contribution in [0.1, 0.15) is 24.8 Å². The van der Waals surface area contributed by atoms with E-state index in [4.69, 9.17) is 0 Å². The second-order valence-electron chi connectivity index (χ2n) is 8.07. The van der Waals surface area contributed by atoms with Crippen LogP contribution < -0.4 is 10.0 Å². The highest BCUT2D eigenvalue weighted by molar-refractivity contribution is 9.10. The number of aliphatic carboxylic acids is 1. The maximum absolute atomic E-state index is 12.8. The summed E-state index contributed by atoms with van der Waals surface area (Å²) in [7, 11) is -4.02. The van der Waals surface area contributed by atoms with Crippen LogP contribution in [-0.2, 0) is 19.6 Å². The average molecular weight is 571 g/mol. The van der Waals surface area contributed by atoms with E-state index in [1.165, 1.54) is 18.2 Å². The quantitative estimate of drug-likeness (QED) is 0.213. The van der Waals surface area contributed by atoms with E-state index in [1.54, 1.807) is 18.2 Å². The van der Waals surface area contributed by atoms with Crippen LogP contribution in [0.2, 0.25) is 0 Å². The lowest BCUT2D eigenvalue weighted by Gasteiger charge is -2.15. The third-order valence-electron chi connectivity index (χ3n) is 5.38. The van der Waals surface area contributed by atoms with Gasteiger partial charge >= 0.3 is 5.97 Å². The van der Waals surface area contributed by atoms with Gasteiger partial charge in [0.25, 0.3) is 0 Å². The van der Waals surface area contributed by atoms with Gasteiger partial charge in [0.15, 0.2) is 0 Å². The number of amides is 1. The highest BCUT2D eigenvalue weighted by Crippen LogP contribution is 2.23. The lowest BCUT2D eigenvalue weighted by molar-refractivity contribution is -0.139. The molecule has 7 nitrogen and oxygen atoms in total. The van der Waals surface area contributed by atoms with Crippen molar-refractivity contribution in [2.45, 2.75) is 30.2 Å². The average Bonchev–Trinajstić information content (AvgIpc) is 2.87. The van der Waals surface area contributed by atoms with Gasteiger partial charge in [-0.3, -0.25) is 9.59 Å². The number of carbonyl (C=O) groups excluding carboxylic acids is 1. The van der Waals surface area contributed by atoms with Gasteiger partial charge < -0.3 is 10.4 Å². The summed E-state index contributed by atoms with van der Waals surface area (Å²) in [4.78, 5) is 23.6. The standard InChI is InChI=1S/C27H27BrN2O5S/c28-23-14-10-21(11-15-23)22-12-16-24(17-13-22)36(34,35)30-25(27(32)33)8-4-5-19-29-26(31)18-9-20-6-2-1-3-7-20/h1-3,6-7,9-18,25,30H,4-5,8,19H2,(H,29,31)(H,32,33). The lowest BCUT2D eigenvalue weighted by atomic mass is 10.1. The number of carboxylic acids is 1. The van der Waals surface area contributed by atoms with E-state index in [9.17, 15) is 23.1 Å². The highest BCUT2D eigenvalue weighted by atomic mass is 79.9. The Morgan fingerprint density at radius 3 is 2.11 bits per heavy atom. The van der Waals surface area contributed by atoms with Gasteiger partial charge in [-0.05, 0) is 66.3 Å². The number of carbonyl (C=O) groups is 2. The van der Waals surface area contributed by atoms with Crippen LogP contribution in [0.3, 0.4) is 0 Å². The first-order chi connectivity index (χ1) is 17.2. The number of carboxylic acid groups (broad SMARTS) is 1. The molecule has 0 saturated heterocycles. The maximum atomic E-state index is 12.8. The molecular formula is C27H27BrN2O5S. The van der Waals surface area contributed by atoms with Gasteiger partial charge in [-0.2, -0.15) is 4.72 Å². The Balaban J connectivity index is 1.48. The van der Waals surface area contributed by atoms with Crippen molar-refractivity contribution < 1.29 is 23.1 Å². The van der Waals surface area contributed by atoms with Gasteiger partial charge in [0.2, 0.25) is 15.9 Å². The summed E-state index contributed by atoms with van der Waals surface area (Å²) in [5.41, 5.74) is 2.69. The monoisotopic (exact) mass is 570 g/mol. The molecule has 1 unspecified atom stereocenters. The van der Waals surface area contributed by atoms with Crippen molar-refractivity contribution in [3.63, 3.8) is 0 Å². The summed E-state index contributed by atoms with van der Waals surface area (Å²) >= 11 is 3.38. The number of benzene rings is 3. The molecule has 0 aliphatic carbocycles. The normalized spacial score (nSPS) is 12.4. The van der Waals surface area contributed by atoms with E-state index in [0.717, 1.165) is 21.2 Å². The Kier molecular flexibility index (Phi) is 9.98. The zero-order chi connectivity index (χ0) is 26.0. The number of rotatable bonds is 12. The lowest BCUT2D eigenvalue weighted by Crippen LogP contribution is -2.40. The molecule has 3 N–H and O–H groups in total. The molecule has 1 atom stereocenters. The molecule has 3 aromatic carbocycles. The third-order valence-corrected chi connectivity index (χ3v) is 7.40. The van der Waals surface area contributed by atoms with Gasteiger partial charge in [0.05, 0.1) is 4.90 Å². The van der Waals surface area contributed by atoms with Crippen molar-refractivity contribution in [1.29, 1.82) is 0 Å². The van der Waals surface area contributed by atoms with Crippen LogP contribution >= 0.6 is 15.9 Å². The topological polar surface area (TPSA) is 113 Å². The number of hydrogen-bond donors (Lipinski definition) is 3. The molecule has 9 heteroatoms. The molecule has 0 fully saturated rings. The molecule has 0 bridgehead atoms. The largest absolute Gasteiger partial charge is 0.480 e. The van der Waals surface area contributed by atoms with Crippen molar-refractivity contribution in [3.05, 3.63) is 95.0 Å². The molecule has 0 aliphatic heterocycles. The van der Waals surface area contributed by atoms with Gasteiger partial charge in [0, 0.05) is 17.1 Å². The van der Waals surface area contributed by atoms with Crippen LogP contribution in [0.5, 0.6) is 0 Å². The van der Waals surface area contributed by atoms with Gasteiger partial charge in [-0.25, -0.2) is 8.42 Å². The van der Waals surface area contributed by atoms with Crippen LogP contribution in [0.4, 0.5) is 0 Å². The summed E-state index contributed by atoms with van der Waals surface area (Å²) < 4.78 is 28.7. The zero-order valence-electron chi connectivity index (χ0n) is 19.4. The number of halogens is 1. The molecule has 0 spiro atoms. The fraction of sp³-hybridized carbons (Fsp3) is 0.185. The summed E-state index contributed by atoms with van der Waals surface area (Å²) in [5, 5.41) is 12.2. The van der Waals surface area contributed by atoms with E-state index in [-0.39, 0.29) is 17.2 Å². The van der Waals surface area contributed by atoms with E-state index in [0.29, 0.717) is 19.4 Å². The van der Waals surface area contributed by atoms with Crippen molar-refractivity contribution >= 4 is 43.9 Å². The molecule has 36 heavy (non-hydrogen) atoms. The highest BCUT2D eigenvalue weighted by Gasteiger charge is 2.25. The molecule has 3 rings (SSSR count). The van der Waals surface area contributed by atoms with Gasteiger partial charge in [0.1, 0.15) is 6.04 Å². The number of sulfonamides is 1. The van der Waals surface area contributed by atoms with Crippen LogP contribution in [-0.4, -0.2) is 38.0 Å². The SMILES string of the molecule is O=C(C=Cc1ccccc1)NCCCCC(NS(=O)(=O)c1ccc(-c2ccc(Br)cc2)cc1)C(=O)O. The van der Waals surface area contributed by atoms with Crippen molar-refractivity contribution in [2.75, 3.05) is 6.54 Å². The molecule has 0 aliphatic rings. The number of unbranched alkanes of at least 4 members (excludes halogenated alkanes) is 1. The molecule has 0 saturated carbocycles. The second-order valence-corrected chi connectivity index (χ2v) is 10.7. The Hall–Kier alpha value is -3.27. The summed E-state index contributed by atoms with van der Waals surface area (Å²) in [6.45, 7) is 0.356. The van der Waals surface area contributed by atoms with Crippen molar-refractivity contribution in [2.24, 2.45) is 0 Å². The molecule has 1 amide bonds. The summed E-state index contributed by atoms with van der Waals surface area (Å²) in [5.74, 6) is -1.50. The molecule has 188 valence electrons. The first-order valence-corrected chi connectivity index (χ1v) is 13.6. The predicted octanol–water partition coefficient (Wildman–Crippen LogP) is 4.85. The minimum Gasteiger partial charge on any atom is -0.480 e. The van der Waals surface area contributed by atoms with Crippen molar-refractivity contribution in [3.8, 4) is 11.1 Å². The fourth-order valence-corrected chi connectivity index (χ4v) is 4.93. The smallest absolute Gasteiger partial charge is 0.321 e. The summed E-state index contributed by atoms with van der Waals surface area (Å²) in [6, 6.07) is 22.0. The fourth-order valence-electron chi connectivity index (χ4n) is 3.44. The minimum atomic E-state index is -4.02. The number of hydrogen-bond acceptors (Lipinski definition) is 4. The maximum Gasteiger partial charge on any atom is 0.321 e.